The highest BCUT2D eigenvalue weighted by atomic mass is 16.2. The van der Waals surface area contributed by atoms with Gasteiger partial charge in [0.25, 0.3) is 0 Å². The summed E-state index contributed by atoms with van der Waals surface area (Å²) in [4.78, 5) is 14.0. The van der Waals surface area contributed by atoms with E-state index < -0.39 is 0 Å². The molecule has 1 amide bonds. The van der Waals surface area contributed by atoms with Crippen LogP contribution in [0.1, 0.15) is 38.5 Å². The first kappa shape index (κ1) is 10.9. The molecule has 0 aromatic heterocycles. The second kappa shape index (κ2) is 4.97. The van der Waals surface area contributed by atoms with Gasteiger partial charge in [0.15, 0.2) is 0 Å². The lowest BCUT2D eigenvalue weighted by atomic mass is 9.85. The van der Waals surface area contributed by atoms with Crippen LogP contribution in [0.2, 0.25) is 0 Å². The second-order valence-corrected chi connectivity index (χ2v) is 5.02. The van der Waals surface area contributed by atoms with Crippen molar-refractivity contribution in [3.8, 4) is 0 Å². The summed E-state index contributed by atoms with van der Waals surface area (Å²) in [6.45, 7) is 1.98. The smallest absolute Gasteiger partial charge is 0.239 e. The van der Waals surface area contributed by atoms with E-state index in [0.717, 1.165) is 25.4 Å². The molecule has 1 saturated carbocycles. The third kappa shape index (κ3) is 2.71. The third-order valence-corrected chi connectivity index (χ3v) is 3.74. The molecule has 15 heavy (non-hydrogen) atoms. The minimum Gasteiger partial charge on any atom is -0.344 e. The molecule has 1 heterocycles. The Morgan fingerprint density at radius 3 is 2.60 bits per heavy atom. The van der Waals surface area contributed by atoms with E-state index in [4.69, 9.17) is 0 Å². The topological polar surface area (TPSA) is 32.3 Å². The Labute approximate surface area is 92.2 Å². The Kier molecular flexibility index (Phi) is 3.62. The molecule has 2 aliphatic rings. The van der Waals surface area contributed by atoms with Gasteiger partial charge in [-0.05, 0) is 38.1 Å². The van der Waals surface area contributed by atoms with E-state index in [0.29, 0.717) is 5.91 Å². The molecule has 2 fully saturated rings. The molecule has 3 heteroatoms. The first-order valence-corrected chi connectivity index (χ1v) is 6.26. The molecule has 1 atom stereocenters. The molecule has 1 saturated heterocycles. The van der Waals surface area contributed by atoms with Gasteiger partial charge >= 0.3 is 0 Å². The molecule has 2 rings (SSSR count). The number of hydrogen-bond acceptors (Lipinski definition) is 2. The van der Waals surface area contributed by atoms with Crippen molar-refractivity contribution in [3.63, 3.8) is 0 Å². The van der Waals surface area contributed by atoms with Gasteiger partial charge in [0.05, 0.1) is 6.04 Å². The van der Waals surface area contributed by atoms with Crippen LogP contribution >= 0.6 is 0 Å². The molecule has 1 aliphatic carbocycles. The largest absolute Gasteiger partial charge is 0.344 e. The van der Waals surface area contributed by atoms with E-state index in [1.54, 1.807) is 0 Å². The maximum atomic E-state index is 12.0. The molecule has 0 aromatic carbocycles. The minimum atomic E-state index is 0.101. The van der Waals surface area contributed by atoms with Crippen LogP contribution in [0.5, 0.6) is 0 Å². The number of rotatable bonds is 3. The van der Waals surface area contributed by atoms with Gasteiger partial charge < -0.3 is 10.2 Å². The van der Waals surface area contributed by atoms with Crippen molar-refractivity contribution < 1.29 is 4.79 Å². The van der Waals surface area contributed by atoms with Crippen LogP contribution in [-0.2, 0) is 4.79 Å². The number of carbonyl (C=O) groups is 1. The zero-order chi connectivity index (χ0) is 10.7. The maximum Gasteiger partial charge on any atom is 0.239 e. The van der Waals surface area contributed by atoms with Gasteiger partial charge in [0.2, 0.25) is 5.91 Å². The summed E-state index contributed by atoms with van der Waals surface area (Å²) < 4.78 is 0. The Hall–Kier alpha value is -0.570. The van der Waals surface area contributed by atoms with Crippen molar-refractivity contribution in [1.29, 1.82) is 0 Å². The summed E-state index contributed by atoms with van der Waals surface area (Å²) in [5.74, 6) is 1.09. The zero-order valence-corrected chi connectivity index (χ0v) is 9.67. The summed E-state index contributed by atoms with van der Waals surface area (Å²) >= 11 is 0. The lowest BCUT2D eigenvalue weighted by molar-refractivity contribution is -0.133. The Morgan fingerprint density at radius 2 is 2.07 bits per heavy atom. The van der Waals surface area contributed by atoms with E-state index >= 15 is 0 Å². The predicted molar refractivity (Wildman–Crippen MR) is 60.6 cm³/mol. The first-order chi connectivity index (χ1) is 7.27. The van der Waals surface area contributed by atoms with Gasteiger partial charge in [-0.25, -0.2) is 0 Å². The standard InChI is InChI=1S/C12H22N2O/c1-14(9-10-5-4-6-10)12(15)11-7-2-3-8-13-11/h10-11,13H,2-9H2,1H3. The SMILES string of the molecule is CN(CC1CCC1)C(=O)C1CCCCN1. The van der Waals surface area contributed by atoms with Crippen LogP contribution in [0.15, 0.2) is 0 Å². The van der Waals surface area contributed by atoms with Crippen molar-refractivity contribution in [1.82, 2.24) is 10.2 Å². The van der Waals surface area contributed by atoms with Crippen LogP contribution in [0.4, 0.5) is 0 Å². The Bertz CT molecular complexity index is 220. The van der Waals surface area contributed by atoms with Crippen LogP contribution < -0.4 is 5.32 Å². The average molecular weight is 210 g/mol. The highest BCUT2D eigenvalue weighted by Gasteiger charge is 2.26. The molecule has 1 aliphatic heterocycles. The number of carbonyl (C=O) groups excluding carboxylic acids is 1. The quantitative estimate of drug-likeness (QED) is 0.763. The fraction of sp³-hybridized carbons (Fsp3) is 0.917. The molecule has 3 nitrogen and oxygen atoms in total. The van der Waals surface area contributed by atoms with Gasteiger partial charge in [-0.2, -0.15) is 0 Å². The monoisotopic (exact) mass is 210 g/mol. The van der Waals surface area contributed by atoms with Crippen molar-refractivity contribution in [2.45, 2.75) is 44.6 Å². The van der Waals surface area contributed by atoms with Gasteiger partial charge in [-0.15, -0.1) is 0 Å². The maximum absolute atomic E-state index is 12.0. The van der Waals surface area contributed by atoms with Crippen LogP contribution in [0, 0.1) is 5.92 Å². The number of nitrogens with zero attached hydrogens (tertiary/aromatic N) is 1. The number of nitrogens with one attached hydrogen (secondary N) is 1. The van der Waals surface area contributed by atoms with Crippen LogP contribution in [-0.4, -0.2) is 37.0 Å². The van der Waals surface area contributed by atoms with E-state index in [-0.39, 0.29) is 6.04 Å². The lowest BCUT2D eigenvalue weighted by Gasteiger charge is -2.33. The molecular weight excluding hydrogens is 188 g/mol. The molecule has 86 valence electrons. The molecule has 1 unspecified atom stereocenters. The molecule has 1 N–H and O–H groups in total. The second-order valence-electron chi connectivity index (χ2n) is 5.02. The van der Waals surface area contributed by atoms with Gasteiger partial charge in [0.1, 0.15) is 0 Å². The fourth-order valence-corrected chi connectivity index (χ4v) is 2.48. The van der Waals surface area contributed by atoms with E-state index in [9.17, 15) is 4.79 Å². The Balaban J connectivity index is 1.77. The lowest BCUT2D eigenvalue weighted by Crippen LogP contribution is -2.48. The molecule has 0 radical (unpaired) electrons. The van der Waals surface area contributed by atoms with Crippen molar-refractivity contribution in [3.05, 3.63) is 0 Å². The number of likely N-dealkylation sites (N-methyl/N-ethyl adjacent to an activating group) is 1. The summed E-state index contributed by atoms with van der Waals surface area (Å²) in [5.41, 5.74) is 0. The molecule has 0 aromatic rings. The number of amides is 1. The number of hydrogen-bond donors (Lipinski definition) is 1. The summed E-state index contributed by atoms with van der Waals surface area (Å²) in [6.07, 6.45) is 7.42. The Morgan fingerprint density at radius 1 is 1.27 bits per heavy atom. The molecule has 0 spiro atoms. The normalized spacial score (nSPS) is 27.1. The zero-order valence-electron chi connectivity index (χ0n) is 9.67. The molecular formula is C12H22N2O. The minimum absolute atomic E-state index is 0.101. The van der Waals surface area contributed by atoms with Gasteiger partial charge in [-0.3, -0.25) is 4.79 Å². The van der Waals surface area contributed by atoms with Crippen molar-refractivity contribution >= 4 is 5.91 Å². The molecule has 0 bridgehead atoms. The average Bonchev–Trinajstić information content (AvgIpc) is 2.23. The summed E-state index contributed by atoms with van der Waals surface area (Å²) in [5, 5.41) is 3.32. The van der Waals surface area contributed by atoms with E-state index in [2.05, 4.69) is 5.32 Å². The predicted octanol–water partition coefficient (Wildman–Crippen LogP) is 1.39. The van der Waals surface area contributed by atoms with Crippen molar-refractivity contribution in [2.24, 2.45) is 5.92 Å². The van der Waals surface area contributed by atoms with Crippen molar-refractivity contribution in [2.75, 3.05) is 20.1 Å². The van der Waals surface area contributed by atoms with Gasteiger partial charge in [0, 0.05) is 13.6 Å². The van der Waals surface area contributed by atoms with Gasteiger partial charge in [-0.1, -0.05) is 12.8 Å². The highest BCUT2D eigenvalue weighted by molar-refractivity contribution is 5.81. The number of piperidine rings is 1. The third-order valence-electron chi connectivity index (χ3n) is 3.74. The summed E-state index contributed by atoms with van der Waals surface area (Å²) in [6, 6.07) is 0.101. The summed E-state index contributed by atoms with van der Waals surface area (Å²) in [7, 11) is 1.96. The van der Waals surface area contributed by atoms with Crippen LogP contribution in [0.25, 0.3) is 0 Å². The van der Waals surface area contributed by atoms with E-state index in [1.165, 1.54) is 32.1 Å². The highest BCUT2D eigenvalue weighted by Crippen LogP contribution is 2.27. The van der Waals surface area contributed by atoms with E-state index in [1.807, 2.05) is 11.9 Å². The first-order valence-electron chi connectivity index (χ1n) is 6.26. The fourth-order valence-electron chi connectivity index (χ4n) is 2.48. The van der Waals surface area contributed by atoms with Crippen LogP contribution in [0.3, 0.4) is 0 Å².